The van der Waals surface area contributed by atoms with Crippen LogP contribution in [0.1, 0.15) is 213 Å². The fraction of sp³-hybridized carbons (Fsp3) is 0.679. The molecule has 0 rings (SSSR count). The van der Waals surface area contributed by atoms with Crippen molar-refractivity contribution in [2.75, 3.05) is 13.2 Å². The van der Waals surface area contributed by atoms with Gasteiger partial charge < -0.3 is 14.2 Å². The van der Waals surface area contributed by atoms with E-state index >= 15 is 0 Å². The maximum atomic E-state index is 12.7. The lowest BCUT2D eigenvalue weighted by Gasteiger charge is -2.18. The van der Waals surface area contributed by atoms with Gasteiger partial charge in [0.05, 0.1) is 0 Å². The molecule has 0 aliphatic rings. The summed E-state index contributed by atoms with van der Waals surface area (Å²) in [6.07, 6.45) is 60.0. The average Bonchev–Trinajstić information content (AvgIpc) is 3.23. The molecule has 0 saturated heterocycles. The number of hydrogen-bond donors (Lipinski definition) is 0. The number of esters is 3. The quantitative estimate of drug-likeness (QED) is 0.0201. The molecular weight excluding hydrogens is 733 g/mol. The van der Waals surface area contributed by atoms with Crippen molar-refractivity contribution in [2.45, 2.75) is 219 Å². The molecule has 0 aromatic rings. The van der Waals surface area contributed by atoms with Gasteiger partial charge in [-0.15, -0.1) is 0 Å². The molecule has 0 fully saturated rings. The third-order valence-corrected chi connectivity index (χ3v) is 9.98. The van der Waals surface area contributed by atoms with Gasteiger partial charge in [0, 0.05) is 19.3 Å². The Morgan fingerprint density at radius 3 is 1.27 bits per heavy atom. The highest BCUT2D eigenvalue weighted by Crippen LogP contribution is 2.14. The first-order valence-corrected chi connectivity index (χ1v) is 24.1. The molecule has 0 aliphatic carbocycles. The Kier molecular flexibility index (Phi) is 44.5. The molecule has 1 atom stereocenters. The Morgan fingerprint density at radius 2 is 0.746 bits per heavy atom. The van der Waals surface area contributed by atoms with Gasteiger partial charge in [0.1, 0.15) is 13.2 Å². The molecule has 0 radical (unpaired) electrons. The third-order valence-electron chi connectivity index (χ3n) is 9.98. The van der Waals surface area contributed by atoms with Gasteiger partial charge in [-0.2, -0.15) is 0 Å². The number of allylic oxidation sites excluding steroid dienone is 14. The van der Waals surface area contributed by atoms with Gasteiger partial charge in [-0.1, -0.05) is 209 Å². The van der Waals surface area contributed by atoms with Crippen LogP contribution in [0.3, 0.4) is 0 Å². The van der Waals surface area contributed by atoms with Gasteiger partial charge in [0.25, 0.3) is 0 Å². The van der Waals surface area contributed by atoms with E-state index in [4.69, 9.17) is 14.2 Å². The Hall–Kier alpha value is -3.41. The van der Waals surface area contributed by atoms with Crippen molar-refractivity contribution in [3.05, 3.63) is 85.1 Å². The minimum Gasteiger partial charge on any atom is -0.462 e. The third kappa shape index (κ3) is 45.5. The zero-order valence-electron chi connectivity index (χ0n) is 38.2. The van der Waals surface area contributed by atoms with Crippen molar-refractivity contribution >= 4 is 17.9 Å². The van der Waals surface area contributed by atoms with Crippen LogP contribution in [0.5, 0.6) is 0 Å². The van der Waals surface area contributed by atoms with E-state index in [1.54, 1.807) is 0 Å². The minimum atomic E-state index is -0.803. The second kappa shape index (κ2) is 47.3. The van der Waals surface area contributed by atoms with E-state index in [2.05, 4.69) is 106 Å². The zero-order valence-corrected chi connectivity index (χ0v) is 38.2. The highest BCUT2D eigenvalue weighted by Gasteiger charge is 2.19. The fourth-order valence-electron chi connectivity index (χ4n) is 6.36. The first kappa shape index (κ1) is 55.6. The van der Waals surface area contributed by atoms with Crippen molar-refractivity contribution in [1.82, 2.24) is 0 Å². The van der Waals surface area contributed by atoms with Crippen LogP contribution in [-0.2, 0) is 28.6 Å². The summed E-state index contributed by atoms with van der Waals surface area (Å²) >= 11 is 0. The normalized spacial score (nSPS) is 12.8. The van der Waals surface area contributed by atoms with Crippen molar-refractivity contribution in [2.24, 2.45) is 0 Å². The summed E-state index contributed by atoms with van der Waals surface area (Å²) in [5.41, 5.74) is 0. The smallest absolute Gasteiger partial charge is 0.306 e. The van der Waals surface area contributed by atoms with Crippen LogP contribution >= 0.6 is 0 Å². The maximum Gasteiger partial charge on any atom is 0.306 e. The standard InChI is InChI=1S/C53H88O6/c1-4-7-10-13-16-19-22-24-25-26-27-28-29-32-34-37-40-43-46-52(55)58-49-50(48-57-51(54)45-42-39-36-33-30-21-18-15-12-9-6-3)59-53(56)47-44-41-38-35-31-23-20-17-14-11-8-5-2/h9,12,16,18-19,21-22,24-28,33,36,50H,4-8,10-11,13-15,17,20,23,29-32,34-35,37-49H2,1-3H3/b12-9-,19-16-,21-18-,24-22-,26-25-,28-27-,36-33-. The minimum absolute atomic E-state index is 0.104. The van der Waals surface area contributed by atoms with Crippen molar-refractivity contribution in [3.8, 4) is 0 Å². The summed E-state index contributed by atoms with van der Waals surface area (Å²) in [5.74, 6) is -0.985. The SMILES string of the molecule is CC/C=C\C/C=C\C/C=C\CCCC(=O)OCC(COC(=O)CCCCCCC\C=C/C=C\C=C/C=C\CCCCC)OC(=O)CCCCCCCCCCCCCC. The van der Waals surface area contributed by atoms with Crippen molar-refractivity contribution in [1.29, 1.82) is 0 Å². The largest absolute Gasteiger partial charge is 0.462 e. The molecule has 0 bridgehead atoms. The van der Waals surface area contributed by atoms with Gasteiger partial charge in [-0.25, -0.2) is 0 Å². The van der Waals surface area contributed by atoms with E-state index in [0.717, 1.165) is 89.9 Å². The van der Waals surface area contributed by atoms with E-state index in [-0.39, 0.29) is 37.5 Å². The lowest BCUT2D eigenvalue weighted by Crippen LogP contribution is -2.30. The molecule has 0 heterocycles. The van der Waals surface area contributed by atoms with E-state index in [9.17, 15) is 14.4 Å². The van der Waals surface area contributed by atoms with Gasteiger partial charge in [-0.05, 0) is 70.6 Å². The number of hydrogen-bond acceptors (Lipinski definition) is 6. The molecule has 0 saturated carbocycles. The lowest BCUT2D eigenvalue weighted by atomic mass is 10.0. The second-order valence-corrected chi connectivity index (χ2v) is 15.7. The summed E-state index contributed by atoms with van der Waals surface area (Å²) in [7, 11) is 0. The van der Waals surface area contributed by atoms with E-state index < -0.39 is 6.10 Å². The van der Waals surface area contributed by atoms with Gasteiger partial charge in [-0.3, -0.25) is 14.4 Å². The molecule has 59 heavy (non-hydrogen) atoms. The second-order valence-electron chi connectivity index (χ2n) is 15.7. The predicted octanol–water partition coefficient (Wildman–Crippen LogP) is 15.6. The van der Waals surface area contributed by atoms with Crippen LogP contribution in [0.4, 0.5) is 0 Å². The molecule has 0 N–H and O–H groups in total. The topological polar surface area (TPSA) is 78.9 Å². The maximum absolute atomic E-state index is 12.7. The molecule has 6 nitrogen and oxygen atoms in total. The van der Waals surface area contributed by atoms with Gasteiger partial charge in [0.2, 0.25) is 0 Å². The summed E-state index contributed by atoms with van der Waals surface area (Å²) in [6, 6.07) is 0. The van der Waals surface area contributed by atoms with Crippen LogP contribution in [-0.4, -0.2) is 37.2 Å². The Balaban J connectivity index is 4.46. The zero-order chi connectivity index (χ0) is 43.0. The molecule has 6 heteroatoms. The van der Waals surface area contributed by atoms with Crippen molar-refractivity contribution < 1.29 is 28.6 Å². The molecule has 1 unspecified atom stereocenters. The molecule has 0 aromatic heterocycles. The summed E-state index contributed by atoms with van der Waals surface area (Å²) in [5, 5.41) is 0. The molecule has 0 spiro atoms. The average molecular weight is 821 g/mol. The van der Waals surface area contributed by atoms with Crippen molar-refractivity contribution in [3.63, 3.8) is 0 Å². The molecule has 0 aromatic carbocycles. The summed E-state index contributed by atoms with van der Waals surface area (Å²) in [6.45, 7) is 6.39. The number of carbonyl (C=O) groups excluding carboxylic acids is 3. The Morgan fingerprint density at radius 1 is 0.373 bits per heavy atom. The number of carbonyl (C=O) groups is 3. The van der Waals surface area contributed by atoms with Gasteiger partial charge in [0.15, 0.2) is 6.10 Å². The summed E-state index contributed by atoms with van der Waals surface area (Å²) < 4.78 is 16.7. The van der Waals surface area contributed by atoms with Crippen LogP contribution in [0.15, 0.2) is 85.1 Å². The van der Waals surface area contributed by atoms with Gasteiger partial charge >= 0.3 is 17.9 Å². The molecule has 0 aliphatic heterocycles. The molecule has 336 valence electrons. The Bertz CT molecular complexity index is 1170. The van der Waals surface area contributed by atoms with Crippen LogP contribution in [0.25, 0.3) is 0 Å². The predicted molar refractivity (Wildman–Crippen MR) is 251 cm³/mol. The Labute approximate surface area is 363 Å². The van der Waals surface area contributed by atoms with Crippen LogP contribution < -0.4 is 0 Å². The fourth-order valence-corrected chi connectivity index (χ4v) is 6.36. The van der Waals surface area contributed by atoms with E-state index in [1.165, 1.54) is 77.0 Å². The van der Waals surface area contributed by atoms with E-state index in [0.29, 0.717) is 19.3 Å². The first-order valence-electron chi connectivity index (χ1n) is 24.1. The number of ether oxygens (including phenoxy) is 3. The lowest BCUT2D eigenvalue weighted by molar-refractivity contribution is -0.167. The molecule has 0 amide bonds. The summed E-state index contributed by atoms with van der Waals surface area (Å²) in [4.78, 5) is 37.8. The number of unbranched alkanes of at least 4 members (excludes halogenated alkanes) is 20. The monoisotopic (exact) mass is 821 g/mol. The van der Waals surface area contributed by atoms with E-state index in [1.807, 2.05) is 0 Å². The number of rotatable bonds is 42. The highest BCUT2D eigenvalue weighted by molar-refractivity contribution is 5.71. The highest BCUT2D eigenvalue weighted by atomic mass is 16.6. The van der Waals surface area contributed by atoms with Crippen LogP contribution in [0, 0.1) is 0 Å². The van der Waals surface area contributed by atoms with Crippen LogP contribution in [0.2, 0.25) is 0 Å². The first-order chi connectivity index (χ1) is 29.0. The molecular formula is C53H88O6.